The number of nitrogens with zero attached hydrogens (tertiary/aromatic N) is 1. The normalized spacial score (nSPS) is 10.6. The van der Waals surface area contributed by atoms with Crippen molar-refractivity contribution >= 4 is 5.97 Å². The molecule has 0 bridgehead atoms. The second-order valence-corrected chi connectivity index (χ2v) is 4.65. The third kappa shape index (κ3) is 7.81. The summed E-state index contributed by atoms with van der Waals surface area (Å²) >= 11 is 0. The molecule has 1 rings (SSSR count). The summed E-state index contributed by atoms with van der Waals surface area (Å²) in [4.78, 5) is 11.2. The summed E-state index contributed by atoms with van der Waals surface area (Å²) in [7, 11) is 1.57. The highest BCUT2D eigenvalue weighted by atomic mass is 16.5. The van der Waals surface area contributed by atoms with Crippen LogP contribution in [-0.4, -0.2) is 62.4 Å². The minimum atomic E-state index is -0.970. The van der Waals surface area contributed by atoms with Gasteiger partial charge in [0.15, 0.2) is 0 Å². The van der Waals surface area contributed by atoms with E-state index < -0.39 is 5.97 Å². The van der Waals surface area contributed by atoms with Crippen molar-refractivity contribution in [2.75, 3.05) is 46.8 Å². The van der Waals surface area contributed by atoms with E-state index in [1.807, 2.05) is 0 Å². The molecule has 0 aromatic carbocycles. The quantitative estimate of drug-likeness (QED) is 0.431. The fraction of sp³-hybridized carbons (Fsp3) is 0.562. The van der Waals surface area contributed by atoms with Crippen molar-refractivity contribution < 1.29 is 28.8 Å². The molecule has 0 saturated heterocycles. The summed E-state index contributed by atoms with van der Waals surface area (Å²) in [6.45, 7) is 3.33. The lowest BCUT2D eigenvalue weighted by molar-refractivity contribution is 0.0185. The predicted octanol–water partition coefficient (Wildman–Crippen LogP) is 1.02. The van der Waals surface area contributed by atoms with Gasteiger partial charge in [-0.15, -0.1) is 6.42 Å². The Bertz CT molecular complexity index is 505. The van der Waals surface area contributed by atoms with Gasteiger partial charge >= 0.3 is 5.97 Å². The number of methoxy groups -OCH3 is 1. The molecule has 1 aromatic rings. The number of carbonyl (C=O) groups is 1. The van der Waals surface area contributed by atoms with Gasteiger partial charge in [0.2, 0.25) is 0 Å². The molecule has 0 unspecified atom stereocenters. The van der Waals surface area contributed by atoms with Crippen molar-refractivity contribution in [3.63, 3.8) is 0 Å². The first kappa shape index (κ1) is 19.2. The summed E-state index contributed by atoms with van der Waals surface area (Å²) in [6.07, 6.45) is 6.80. The molecular weight excluding hydrogens is 302 g/mol. The van der Waals surface area contributed by atoms with Crippen molar-refractivity contribution in [2.24, 2.45) is 0 Å². The molecule has 0 radical (unpaired) electrons. The molecule has 0 saturated carbocycles. The average molecular weight is 325 g/mol. The molecule has 0 aliphatic rings. The van der Waals surface area contributed by atoms with E-state index >= 15 is 0 Å². The number of hydrogen-bond donors (Lipinski definition) is 1. The lowest BCUT2D eigenvalue weighted by Crippen LogP contribution is -2.14. The van der Waals surface area contributed by atoms with Crippen LogP contribution in [0.4, 0.5) is 0 Å². The van der Waals surface area contributed by atoms with E-state index in [0.717, 1.165) is 5.56 Å². The van der Waals surface area contributed by atoms with Crippen molar-refractivity contribution in [3.8, 4) is 12.3 Å². The molecule has 7 heteroatoms. The van der Waals surface area contributed by atoms with Gasteiger partial charge in [0.05, 0.1) is 39.6 Å². The van der Waals surface area contributed by atoms with E-state index in [2.05, 4.69) is 5.92 Å². The van der Waals surface area contributed by atoms with Gasteiger partial charge < -0.3 is 28.6 Å². The zero-order chi connectivity index (χ0) is 16.9. The van der Waals surface area contributed by atoms with Crippen LogP contribution in [0.2, 0.25) is 0 Å². The number of rotatable bonds is 13. The molecule has 0 aliphatic heterocycles. The van der Waals surface area contributed by atoms with Crippen LogP contribution >= 0.6 is 0 Å². The molecule has 0 amide bonds. The summed E-state index contributed by atoms with van der Waals surface area (Å²) in [6, 6.07) is 1.60. The van der Waals surface area contributed by atoms with Gasteiger partial charge in [0, 0.05) is 19.9 Å². The van der Waals surface area contributed by atoms with E-state index in [9.17, 15) is 4.79 Å². The van der Waals surface area contributed by atoms with Crippen LogP contribution < -0.4 is 0 Å². The molecular formula is C16H23NO6. The van der Waals surface area contributed by atoms with Crippen LogP contribution in [0.1, 0.15) is 16.1 Å². The van der Waals surface area contributed by atoms with E-state index in [0.29, 0.717) is 46.2 Å². The van der Waals surface area contributed by atoms with E-state index in [1.165, 1.54) is 0 Å². The number of hydrogen-bond acceptors (Lipinski definition) is 5. The lowest BCUT2D eigenvalue weighted by atomic mass is 10.3. The SMILES string of the molecule is C#CCOCCOCCOCCn1cc(COC)cc1C(=O)O. The molecule has 0 atom stereocenters. The van der Waals surface area contributed by atoms with Gasteiger partial charge in [-0.25, -0.2) is 4.79 Å². The topological polar surface area (TPSA) is 79.2 Å². The Morgan fingerprint density at radius 2 is 1.87 bits per heavy atom. The average Bonchev–Trinajstić information content (AvgIpc) is 2.93. The maximum absolute atomic E-state index is 11.2. The second kappa shape index (κ2) is 11.7. The number of carboxylic acids is 1. The molecule has 1 aromatic heterocycles. The van der Waals surface area contributed by atoms with Crippen molar-refractivity contribution in [2.45, 2.75) is 13.2 Å². The number of aromatic carboxylic acids is 1. The zero-order valence-electron chi connectivity index (χ0n) is 13.3. The van der Waals surface area contributed by atoms with Gasteiger partial charge in [0.25, 0.3) is 0 Å². The molecule has 0 aliphatic carbocycles. The fourth-order valence-electron chi connectivity index (χ4n) is 1.91. The van der Waals surface area contributed by atoms with Crippen LogP contribution in [0.3, 0.4) is 0 Å². The Hall–Kier alpha value is -1.85. The van der Waals surface area contributed by atoms with Crippen LogP contribution in [0.15, 0.2) is 12.3 Å². The lowest BCUT2D eigenvalue weighted by Gasteiger charge is -2.08. The Labute approximate surface area is 136 Å². The number of terminal acetylenes is 1. The predicted molar refractivity (Wildman–Crippen MR) is 83.4 cm³/mol. The first-order valence-corrected chi connectivity index (χ1v) is 7.27. The highest BCUT2D eigenvalue weighted by Crippen LogP contribution is 2.10. The summed E-state index contributed by atoms with van der Waals surface area (Å²) in [5, 5.41) is 9.16. The van der Waals surface area contributed by atoms with Gasteiger partial charge in [0.1, 0.15) is 12.3 Å². The van der Waals surface area contributed by atoms with Crippen molar-refractivity contribution in [1.29, 1.82) is 0 Å². The first-order chi connectivity index (χ1) is 11.2. The molecule has 0 fully saturated rings. The van der Waals surface area contributed by atoms with Crippen LogP contribution in [0.5, 0.6) is 0 Å². The highest BCUT2D eigenvalue weighted by molar-refractivity contribution is 5.86. The van der Waals surface area contributed by atoms with Crippen LogP contribution in [0, 0.1) is 12.3 Å². The van der Waals surface area contributed by atoms with Gasteiger partial charge in [-0.05, 0) is 11.6 Å². The van der Waals surface area contributed by atoms with Crippen LogP contribution in [-0.2, 0) is 32.1 Å². The Balaban J connectivity index is 2.18. The Morgan fingerprint density at radius 1 is 1.22 bits per heavy atom. The molecule has 1 heterocycles. The number of carboxylic acid groups (broad SMARTS) is 1. The maximum Gasteiger partial charge on any atom is 0.352 e. The molecule has 128 valence electrons. The van der Waals surface area contributed by atoms with Gasteiger partial charge in [-0.3, -0.25) is 0 Å². The third-order valence-electron chi connectivity index (χ3n) is 2.89. The summed E-state index contributed by atoms with van der Waals surface area (Å²) in [5.74, 6) is 1.40. The highest BCUT2D eigenvalue weighted by Gasteiger charge is 2.12. The zero-order valence-corrected chi connectivity index (χ0v) is 13.3. The van der Waals surface area contributed by atoms with E-state index in [-0.39, 0.29) is 12.3 Å². The fourth-order valence-corrected chi connectivity index (χ4v) is 1.91. The summed E-state index contributed by atoms with van der Waals surface area (Å²) < 4.78 is 22.4. The first-order valence-electron chi connectivity index (χ1n) is 7.27. The largest absolute Gasteiger partial charge is 0.477 e. The smallest absolute Gasteiger partial charge is 0.352 e. The Kier molecular flexibility index (Phi) is 9.75. The second-order valence-electron chi connectivity index (χ2n) is 4.65. The monoisotopic (exact) mass is 325 g/mol. The van der Waals surface area contributed by atoms with Crippen LogP contribution in [0.25, 0.3) is 0 Å². The Morgan fingerprint density at radius 3 is 2.48 bits per heavy atom. The van der Waals surface area contributed by atoms with Gasteiger partial charge in [-0.1, -0.05) is 5.92 Å². The minimum absolute atomic E-state index is 0.225. The van der Waals surface area contributed by atoms with Crippen molar-refractivity contribution in [1.82, 2.24) is 4.57 Å². The molecule has 1 N–H and O–H groups in total. The summed E-state index contributed by atoms with van der Waals surface area (Å²) in [5.41, 5.74) is 1.04. The molecule has 7 nitrogen and oxygen atoms in total. The van der Waals surface area contributed by atoms with E-state index in [1.54, 1.807) is 23.9 Å². The van der Waals surface area contributed by atoms with Gasteiger partial charge in [-0.2, -0.15) is 0 Å². The van der Waals surface area contributed by atoms with E-state index in [4.69, 9.17) is 30.5 Å². The maximum atomic E-state index is 11.2. The molecule has 23 heavy (non-hydrogen) atoms. The minimum Gasteiger partial charge on any atom is -0.477 e. The van der Waals surface area contributed by atoms with Crippen molar-refractivity contribution in [3.05, 3.63) is 23.5 Å². The molecule has 0 spiro atoms. The standard InChI is InChI=1S/C16H23NO6/c1-3-5-21-7-9-23-10-8-22-6-4-17-12-14(13-20-2)11-15(17)16(18)19/h1,11-12H,4-10,13H2,2H3,(H,18,19). The number of ether oxygens (including phenoxy) is 4. The number of aromatic nitrogens is 1. The third-order valence-corrected chi connectivity index (χ3v) is 2.89.